The average Bonchev–Trinajstić information content (AvgIpc) is 2.46. The van der Waals surface area contributed by atoms with E-state index in [2.05, 4.69) is 17.0 Å². The summed E-state index contributed by atoms with van der Waals surface area (Å²) in [5, 5.41) is 11.0. The van der Waals surface area contributed by atoms with Gasteiger partial charge in [-0.3, -0.25) is 10.1 Å². The number of nitrogens with zero attached hydrogens (tertiary/aromatic N) is 2. The average molecular weight is 298 g/mol. The highest BCUT2D eigenvalue weighted by molar-refractivity contribution is 5.65. The quantitative estimate of drug-likeness (QED) is 0.639. The molecule has 5 heteroatoms. The van der Waals surface area contributed by atoms with Crippen LogP contribution >= 0.6 is 0 Å². The minimum atomic E-state index is -0.374. The van der Waals surface area contributed by atoms with Crippen LogP contribution in [-0.2, 0) is 6.54 Å². The van der Waals surface area contributed by atoms with E-state index >= 15 is 0 Å². The summed E-state index contributed by atoms with van der Waals surface area (Å²) < 4.78 is 5.96. The number of nitro groups is 1. The maximum absolute atomic E-state index is 11.0. The summed E-state index contributed by atoms with van der Waals surface area (Å²) in [5.41, 5.74) is 1.69. The van der Waals surface area contributed by atoms with Crippen molar-refractivity contribution >= 4 is 11.4 Å². The number of nitro benzene ring substituents is 1. The van der Waals surface area contributed by atoms with E-state index in [1.54, 1.807) is 12.1 Å². The van der Waals surface area contributed by atoms with E-state index in [1.807, 2.05) is 32.0 Å². The molecule has 22 heavy (non-hydrogen) atoms. The molecule has 0 spiro atoms. The Morgan fingerprint density at radius 2 is 1.95 bits per heavy atom. The number of benzene rings is 2. The standard InChI is InChI=1S/C17H18N2O3/c1-17(2)12-18(11-13-6-4-3-5-7-13)15-10-14(19(20)21)8-9-16(15)22-17/h3-10H,11-12H2,1-2H3. The number of hydrogen-bond acceptors (Lipinski definition) is 4. The summed E-state index contributed by atoms with van der Waals surface area (Å²) in [4.78, 5) is 12.8. The van der Waals surface area contributed by atoms with E-state index in [4.69, 9.17) is 4.74 Å². The molecule has 0 aliphatic carbocycles. The summed E-state index contributed by atoms with van der Waals surface area (Å²) >= 11 is 0. The van der Waals surface area contributed by atoms with Crippen LogP contribution in [0.5, 0.6) is 5.75 Å². The maximum atomic E-state index is 11.0. The van der Waals surface area contributed by atoms with Crippen molar-refractivity contribution in [1.82, 2.24) is 0 Å². The third kappa shape index (κ3) is 2.88. The molecular formula is C17H18N2O3. The molecule has 0 radical (unpaired) electrons. The van der Waals surface area contributed by atoms with Crippen LogP contribution < -0.4 is 9.64 Å². The van der Waals surface area contributed by atoms with Crippen LogP contribution in [-0.4, -0.2) is 17.1 Å². The molecular weight excluding hydrogens is 280 g/mol. The second kappa shape index (κ2) is 5.33. The molecule has 0 fully saturated rings. The third-order valence-electron chi connectivity index (χ3n) is 3.67. The first-order valence-corrected chi connectivity index (χ1v) is 7.21. The van der Waals surface area contributed by atoms with Crippen molar-refractivity contribution in [1.29, 1.82) is 0 Å². The maximum Gasteiger partial charge on any atom is 0.271 e. The first-order chi connectivity index (χ1) is 10.4. The molecule has 2 aromatic rings. The van der Waals surface area contributed by atoms with Crippen molar-refractivity contribution in [3.05, 3.63) is 64.2 Å². The van der Waals surface area contributed by atoms with Crippen LogP contribution in [0.25, 0.3) is 0 Å². The fourth-order valence-electron chi connectivity index (χ4n) is 2.77. The molecule has 1 aliphatic heterocycles. The van der Waals surface area contributed by atoms with Crippen molar-refractivity contribution in [3.63, 3.8) is 0 Å². The zero-order chi connectivity index (χ0) is 15.7. The number of anilines is 1. The van der Waals surface area contributed by atoms with Crippen molar-refractivity contribution in [3.8, 4) is 5.75 Å². The predicted octanol–water partition coefficient (Wildman–Crippen LogP) is 3.77. The highest BCUT2D eigenvalue weighted by Crippen LogP contribution is 2.39. The second-order valence-electron chi connectivity index (χ2n) is 6.11. The Bertz CT molecular complexity index is 698. The lowest BCUT2D eigenvalue weighted by atomic mass is 10.0. The topological polar surface area (TPSA) is 55.6 Å². The van der Waals surface area contributed by atoms with Gasteiger partial charge in [-0.2, -0.15) is 0 Å². The van der Waals surface area contributed by atoms with Gasteiger partial charge in [-0.1, -0.05) is 30.3 Å². The van der Waals surface area contributed by atoms with Crippen molar-refractivity contribution in [2.24, 2.45) is 0 Å². The van der Waals surface area contributed by atoms with Gasteiger partial charge in [0.2, 0.25) is 0 Å². The summed E-state index contributed by atoms with van der Waals surface area (Å²) in [7, 11) is 0. The first kappa shape index (κ1) is 14.4. The lowest BCUT2D eigenvalue weighted by molar-refractivity contribution is -0.384. The monoisotopic (exact) mass is 298 g/mol. The van der Waals surface area contributed by atoms with Crippen LogP contribution in [0.2, 0.25) is 0 Å². The molecule has 0 aromatic heterocycles. The fourth-order valence-corrected chi connectivity index (χ4v) is 2.77. The van der Waals surface area contributed by atoms with Crippen molar-refractivity contribution in [2.45, 2.75) is 26.0 Å². The SMILES string of the molecule is CC1(C)CN(Cc2ccccc2)c2cc([N+](=O)[O-])ccc2O1. The van der Waals surface area contributed by atoms with Gasteiger partial charge >= 0.3 is 0 Å². The van der Waals surface area contributed by atoms with Gasteiger partial charge in [0, 0.05) is 18.7 Å². The molecule has 0 amide bonds. The Labute approximate surface area is 129 Å². The van der Waals surface area contributed by atoms with Gasteiger partial charge in [0.15, 0.2) is 0 Å². The van der Waals surface area contributed by atoms with Gasteiger partial charge in [0.1, 0.15) is 11.4 Å². The van der Waals surface area contributed by atoms with Gasteiger partial charge in [-0.25, -0.2) is 0 Å². The molecule has 0 unspecified atom stereocenters. The Balaban J connectivity index is 1.99. The molecule has 0 saturated carbocycles. The molecule has 5 nitrogen and oxygen atoms in total. The van der Waals surface area contributed by atoms with Gasteiger partial charge in [0.25, 0.3) is 5.69 Å². The van der Waals surface area contributed by atoms with E-state index < -0.39 is 0 Å². The Morgan fingerprint density at radius 3 is 2.64 bits per heavy atom. The van der Waals surface area contributed by atoms with Crippen LogP contribution in [0.4, 0.5) is 11.4 Å². The molecule has 0 N–H and O–H groups in total. The summed E-state index contributed by atoms with van der Waals surface area (Å²) in [5.74, 6) is 0.692. The fraction of sp³-hybridized carbons (Fsp3) is 0.294. The smallest absolute Gasteiger partial charge is 0.271 e. The number of ether oxygens (including phenoxy) is 1. The van der Waals surface area contributed by atoms with Crippen LogP contribution in [0.1, 0.15) is 19.4 Å². The van der Waals surface area contributed by atoms with Gasteiger partial charge in [0.05, 0.1) is 17.2 Å². The van der Waals surface area contributed by atoms with E-state index in [0.717, 1.165) is 11.3 Å². The highest BCUT2D eigenvalue weighted by Gasteiger charge is 2.32. The zero-order valence-electron chi connectivity index (χ0n) is 12.7. The minimum Gasteiger partial charge on any atom is -0.484 e. The summed E-state index contributed by atoms with van der Waals surface area (Å²) in [6.45, 7) is 5.42. The van der Waals surface area contributed by atoms with Crippen molar-refractivity contribution < 1.29 is 9.66 Å². The Hall–Kier alpha value is -2.56. The number of hydrogen-bond donors (Lipinski definition) is 0. The molecule has 114 valence electrons. The molecule has 3 rings (SSSR count). The van der Waals surface area contributed by atoms with Gasteiger partial charge in [-0.15, -0.1) is 0 Å². The molecule has 1 heterocycles. The normalized spacial score (nSPS) is 15.8. The Kier molecular flexibility index (Phi) is 3.48. The van der Waals surface area contributed by atoms with E-state index in [0.29, 0.717) is 18.8 Å². The summed E-state index contributed by atoms with van der Waals surface area (Å²) in [6.07, 6.45) is 0. The van der Waals surface area contributed by atoms with Crippen LogP contribution in [0.3, 0.4) is 0 Å². The predicted molar refractivity (Wildman–Crippen MR) is 85.3 cm³/mol. The van der Waals surface area contributed by atoms with Crippen molar-refractivity contribution in [2.75, 3.05) is 11.4 Å². The zero-order valence-corrected chi connectivity index (χ0v) is 12.7. The van der Waals surface area contributed by atoms with E-state index in [1.165, 1.54) is 6.07 Å². The molecule has 0 saturated heterocycles. The van der Waals surface area contributed by atoms with Crippen LogP contribution in [0.15, 0.2) is 48.5 Å². The Morgan fingerprint density at radius 1 is 1.23 bits per heavy atom. The number of rotatable bonds is 3. The molecule has 1 aliphatic rings. The minimum absolute atomic E-state index is 0.0834. The van der Waals surface area contributed by atoms with Gasteiger partial charge < -0.3 is 9.64 Å². The number of non-ortho nitro benzene ring substituents is 1. The second-order valence-corrected chi connectivity index (χ2v) is 6.11. The highest BCUT2D eigenvalue weighted by atomic mass is 16.6. The third-order valence-corrected chi connectivity index (χ3v) is 3.67. The van der Waals surface area contributed by atoms with Crippen LogP contribution in [0, 0.1) is 10.1 Å². The van der Waals surface area contributed by atoms with Gasteiger partial charge in [-0.05, 0) is 25.5 Å². The van der Waals surface area contributed by atoms with E-state index in [9.17, 15) is 10.1 Å². The summed E-state index contributed by atoms with van der Waals surface area (Å²) in [6, 6.07) is 14.8. The lowest BCUT2D eigenvalue weighted by Gasteiger charge is -2.40. The molecule has 0 atom stereocenters. The first-order valence-electron chi connectivity index (χ1n) is 7.21. The molecule has 2 aromatic carbocycles. The van der Waals surface area contributed by atoms with E-state index in [-0.39, 0.29) is 16.2 Å². The molecule has 0 bridgehead atoms. The lowest BCUT2D eigenvalue weighted by Crippen LogP contribution is -2.46. The largest absolute Gasteiger partial charge is 0.484 e. The number of fused-ring (bicyclic) bond motifs is 1.